The zero-order chi connectivity index (χ0) is 9.84. The van der Waals surface area contributed by atoms with Gasteiger partial charge in [0.25, 0.3) is 0 Å². The normalized spacial score (nSPS) is 10.5. The lowest BCUT2D eigenvalue weighted by molar-refractivity contribution is 0.258. The molecule has 0 aromatic carbocycles. The highest BCUT2D eigenvalue weighted by Gasteiger charge is 2.05. The van der Waals surface area contributed by atoms with Crippen molar-refractivity contribution in [3.05, 3.63) is 16.0 Å². The van der Waals surface area contributed by atoms with Crippen LogP contribution in [0.1, 0.15) is 13.8 Å². The van der Waals surface area contributed by atoms with Gasteiger partial charge in [-0.05, 0) is 21.8 Å². The summed E-state index contributed by atoms with van der Waals surface area (Å²) in [6, 6.07) is 0. The van der Waals surface area contributed by atoms with E-state index < -0.39 is 0 Å². The minimum Gasteiger partial charge on any atom is -0.475 e. The molecule has 0 radical (unpaired) electrons. The lowest BCUT2D eigenvalue weighted by Crippen LogP contribution is -2.06. The van der Waals surface area contributed by atoms with E-state index >= 15 is 0 Å². The summed E-state index contributed by atoms with van der Waals surface area (Å²) in [5.41, 5.74) is 0. The van der Waals surface area contributed by atoms with Crippen molar-refractivity contribution < 1.29 is 4.74 Å². The minimum atomic E-state index is 0.351. The predicted molar refractivity (Wildman–Crippen MR) is 55.1 cm³/mol. The molecule has 13 heavy (non-hydrogen) atoms. The molecule has 1 aromatic heterocycles. The Bertz CT molecular complexity index is 293. The lowest BCUT2D eigenvalue weighted by Gasteiger charge is -2.08. The molecule has 0 spiro atoms. The Hall–Kier alpha value is -0.350. The van der Waals surface area contributed by atoms with Gasteiger partial charge in [0, 0.05) is 0 Å². The van der Waals surface area contributed by atoms with Crippen LogP contribution < -0.4 is 4.74 Å². The summed E-state index contributed by atoms with van der Waals surface area (Å²) in [5.74, 6) is 0.947. The van der Waals surface area contributed by atoms with Crippen LogP contribution >= 0.6 is 27.5 Å². The summed E-state index contributed by atoms with van der Waals surface area (Å²) in [6.07, 6.45) is 1.46. The summed E-state index contributed by atoms with van der Waals surface area (Å²) in [4.78, 5) is 7.93. The summed E-state index contributed by atoms with van der Waals surface area (Å²) in [7, 11) is 0. The number of hydrogen-bond acceptors (Lipinski definition) is 3. The third-order valence-electron chi connectivity index (χ3n) is 1.22. The standard InChI is InChI=1S/C8H10BrClN2O/c1-5(2)4-13-8-7(9)12-6(10)3-11-8/h3,5H,4H2,1-2H3. The van der Waals surface area contributed by atoms with Crippen LogP contribution in [0, 0.1) is 5.92 Å². The van der Waals surface area contributed by atoms with E-state index in [1.165, 1.54) is 6.20 Å². The summed E-state index contributed by atoms with van der Waals surface area (Å²) in [6.45, 7) is 4.75. The van der Waals surface area contributed by atoms with Crippen molar-refractivity contribution in [3.8, 4) is 5.88 Å². The molecule has 0 saturated heterocycles. The molecule has 0 aliphatic rings. The van der Waals surface area contributed by atoms with Gasteiger partial charge in [-0.15, -0.1) is 0 Å². The van der Waals surface area contributed by atoms with Gasteiger partial charge >= 0.3 is 0 Å². The summed E-state index contributed by atoms with van der Waals surface area (Å²) < 4.78 is 5.92. The molecule has 0 saturated carbocycles. The molecule has 1 aromatic rings. The molecule has 72 valence electrons. The molecule has 0 unspecified atom stereocenters. The van der Waals surface area contributed by atoms with Crippen molar-refractivity contribution in [1.29, 1.82) is 0 Å². The van der Waals surface area contributed by atoms with E-state index in [4.69, 9.17) is 16.3 Å². The van der Waals surface area contributed by atoms with Crippen molar-refractivity contribution in [2.75, 3.05) is 6.61 Å². The fourth-order valence-corrected chi connectivity index (χ4v) is 1.32. The molecule has 1 rings (SSSR count). The Morgan fingerprint density at radius 1 is 1.62 bits per heavy atom. The van der Waals surface area contributed by atoms with Crippen LogP contribution in [0.3, 0.4) is 0 Å². The quantitative estimate of drug-likeness (QED) is 0.843. The average Bonchev–Trinajstić information content (AvgIpc) is 2.02. The van der Waals surface area contributed by atoms with Crippen LogP contribution in [0.2, 0.25) is 5.15 Å². The van der Waals surface area contributed by atoms with E-state index in [2.05, 4.69) is 39.7 Å². The zero-order valence-corrected chi connectivity index (χ0v) is 9.76. The van der Waals surface area contributed by atoms with E-state index in [-0.39, 0.29) is 0 Å². The van der Waals surface area contributed by atoms with Crippen LogP contribution in [-0.4, -0.2) is 16.6 Å². The predicted octanol–water partition coefficient (Wildman–Crippen LogP) is 2.93. The number of nitrogens with zero attached hydrogens (tertiary/aromatic N) is 2. The van der Waals surface area contributed by atoms with E-state index in [0.29, 0.717) is 28.2 Å². The molecule has 5 heteroatoms. The van der Waals surface area contributed by atoms with Gasteiger partial charge in [-0.1, -0.05) is 25.4 Å². The molecule has 1 heterocycles. The van der Waals surface area contributed by atoms with Crippen molar-refractivity contribution >= 4 is 27.5 Å². The SMILES string of the molecule is CC(C)COc1ncc(Cl)nc1Br. The summed E-state index contributed by atoms with van der Waals surface area (Å²) in [5, 5.41) is 0.351. The number of rotatable bonds is 3. The monoisotopic (exact) mass is 264 g/mol. The minimum absolute atomic E-state index is 0.351. The van der Waals surface area contributed by atoms with E-state index in [0.717, 1.165) is 0 Å². The Balaban J connectivity index is 2.67. The molecule has 0 amide bonds. The Labute approximate surface area is 90.6 Å². The highest BCUT2D eigenvalue weighted by molar-refractivity contribution is 9.10. The maximum Gasteiger partial charge on any atom is 0.247 e. The fraction of sp³-hybridized carbons (Fsp3) is 0.500. The number of halogens is 2. The van der Waals surface area contributed by atoms with Crippen molar-refractivity contribution in [2.24, 2.45) is 5.92 Å². The second kappa shape index (κ2) is 4.77. The van der Waals surface area contributed by atoms with Gasteiger partial charge in [-0.2, -0.15) is 0 Å². The second-order valence-electron chi connectivity index (χ2n) is 2.99. The third kappa shape index (κ3) is 3.48. The molecule has 0 aliphatic carbocycles. The molecule has 0 aliphatic heterocycles. The molecular formula is C8H10BrClN2O. The van der Waals surface area contributed by atoms with Crippen molar-refractivity contribution in [1.82, 2.24) is 9.97 Å². The molecular weight excluding hydrogens is 255 g/mol. The average molecular weight is 266 g/mol. The van der Waals surface area contributed by atoms with Gasteiger partial charge in [-0.3, -0.25) is 0 Å². The summed E-state index contributed by atoms with van der Waals surface area (Å²) >= 11 is 8.83. The van der Waals surface area contributed by atoms with Gasteiger partial charge in [-0.25, -0.2) is 9.97 Å². The number of hydrogen-bond donors (Lipinski definition) is 0. The first-order valence-corrected chi connectivity index (χ1v) is 5.07. The largest absolute Gasteiger partial charge is 0.475 e. The van der Waals surface area contributed by atoms with Gasteiger partial charge in [0.05, 0.1) is 12.8 Å². The Kier molecular flexibility index (Phi) is 3.93. The second-order valence-corrected chi connectivity index (χ2v) is 4.13. The maximum absolute atomic E-state index is 5.62. The van der Waals surface area contributed by atoms with Crippen LogP contribution in [0.5, 0.6) is 5.88 Å². The molecule has 3 nitrogen and oxygen atoms in total. The van der Waals surface area contributed by atoms with Gasteiger partial charge in [0.1, 0.15) is 5.15 Å². The zero-order valence-electron chi connectivity index (χ0n) is 7.42. The van der Waals surface area contributed by atoms with Crippen LogP contribution in [0.25, 0.3) is 0 Å². The molecule has 0 N–H and O–H groups in total. The number of ether oxygens (including phenoxy) is 1. The first-order chi connectivity index (χ1) is 6.09. The smallest absolute Gasteiger partial charge is 0.247 e. The van der Waals surface area contributed by atoms with Crippen LogP contribution in [0.15, 0.2) is 10.8 Å². The first kappa shape index (κ1) is 10.7. The van der Waals surface area contributed by atoms with Crippen molar-refractivity contribution in [2.45, 2.75) is 13.8 Å². The molecule has 0 atom stereocenters. The third-order valence-corrected chi connectivity index (χ3v) is 1.92. The van der Waals surface area contributed by atoms with Gasteiger partial charge in [0.2, 0.25) is 5.88 Å². The molecule has 0 fully saturated rings. The fourth-order valence-electron chi connectivity index (χ4n) is 0.678. The Morgan fingerprint density at radius 3 is 2.85 bits per heavy atom. The van der Waals surface area contributed by atoms with E-state index in [9.17, 15) is 0 Å². The van der Waals surface area contributed by atoms with Crippen LogP contribution in [-0.2, 0) is 0 Å². The number of aromatic nitrogens is 2. The Morgan fingerprint density at radius 2 is 2.31 bits per heavy atom. The first-order valence-electron chi connectivity index (χ1n) is 3.90. The van der Waals surface area contributed by atoms with E-state index in [1.54, 1.807) is 0 Å². The van der Waals surface area contributed by atoms with Crippen LogP contribution in [0.4, 0.5) is 0 Å². The highest BCUT2D eigenvalue weighted by atomic mass is 79.9. The lowest BCUT2D eigenvalue weighted by atomic mass is 10.2. The topological polar surface area (TPSA) is 35.0 Å². The highest BCUT2D eigenvalue weighted by Crippen LogP contribution is 2.21. The van der Waals surface area contributed by atoms with E-state index in [1.807, 2.05) is 0 Å². The van der Waals surface area contributed by atoms with Crippen molar-refractivity contribution in [3.63, 3.8) is 0 Å². The maximum atomic E-state index is 5.62. The molecule has 0 bridgehead atoms. The van der Waals surface area contributed by atoms with Gasteiger partial charge < -0.3 is 4.74 Å². The van der Waals surface area contributed by atoms with Gasteiger partial charge in [0.15, 0.2) is 4.60 Å².